The van der Waals surface area contributed by atoms with E-state index in [2.05, 4.69) is 9.88 Å². The Morgan fingerprint density at radius 3 is 2.68 bits per heavy atom. The first-order chi connectivity index (χ1) is 12.3. The molecule has 2 aliphatic heterocycles. The van der Waals surface area contributed by atoms with Crippen LogP contribution in [0, 0.1) is 0 Å². The molecule has 1 amide bonds. The zero-order valence-electron chi connectivity index (χ0n) is 14.3. The molecule has 0 unspecified atom stereocenters. The highest BCUT2D eigenvalue weighted by molar-refractivity contribution is 5.83. The number of aromatic nitrogens is 1. The monoisotopic (exact) mass is 337 g/mol. The molecule has 5 nitrogen and oxygen atoms in total. The van der Waals surface area contributed by atoms with Crippen molar-refractivity contribution in [2.45, 2.75) is 31.9 Å². The van der Waals surface area contributed by atoms with Gasteiger partial charge in [-0.25, -0.2) is 0 Å². The lowest BCUT2D eigenvalue weighted by molar-refractivity contribution is -0.139. The normalized spacial score (nSPS) is 19.9. The third-order valence-electron chi connectivity index (χ3n) is 4.88. The summed E-state index contributed by atoms with van der Waals surface area (Å²) in [5.41, 5.74) is 2.01. The fourth-order valence-corrected chi connectivity index (χ4v) is 3.59. The van der Waals surface area contributed by atoms with Crippen LogP contribution in [0.5, 0.6) is 5.75 Å². The minimum Gasteiger partial charge on any atom is -0.477 e. The molecule has 1 aromatic carbocycles. The molecule has 0 N–H and O–H groups in total. The number of pyridine rings is 1. The summed E-state index contributed by atoms with van der Waals surface area (Å²) in [6.45, 7) is 2.93. The average molecular weight is 337 g/mol. The van der Waals surface area contributed by atoms with E-state index < -0.39 is 6.10 Å². The van der Waals surface area contributed by atoms with Crippen LogP contribution in [0.2, 0.25) is 0 Å². The largest absolute Gasteiger partial charge is 0.477 e. The molecule has 3 heterocycles. The Labute approximate surface area is 148 Å². The molecule has 0 spiro atoms. The summed E-state index contributed by atoms with van der Waals surface area (Å²) in [7, 11) is 0. The molecule has 1 fully saturated rings. The summed E-state index contributed by atoms with van der Waals surface area (Å²) >= 11 is 0. The molecule has 4 rings (SSSR count). The van der Waals surface area contributed by atoms with Crippen LogP contribution in [-0.2, 0) is 11.3 Å². The van der Waals surface area contributed by atoms with Crippen molar-refractivity contribution < 1.29 is 9.53 Å². The van der Waals surface area contributed by atoms with Crippen LogP contribution in [0.4, 0.5) is 5.69 Å². The van der Waals surface area contributed by atoms with Gasteiger partial charge >= 0.3 is 0 Å². The van der Waals surface area contributed by atoms with Crippen LogP contribution in [-0.4, -0.2) is 41.5 Å². The molecule has 25 heavy (non-hydrogen) atoms. The molecule has 5 heteroatoms. The molecule has 0 aliphatic carbocycles. The van der Waals surface area contributed by atoms with E-state index in [-0.39, 0.29) is 5.91 Å². The van der Waals surface area contributed by atoms with Gasteiger partial charge in [-0.3, -0.25) is 9.78 Å². The molecule has 1 atom stereocenters. The Balaban J connectivity index is 1.56. The maximum atomic E-state index is 12.9. The van der Waals surface area contributed by atoms with E-state index in [1.54, 1.807) is 6.20 Å². The topological polar surface area (TPSA) is 45.7 Å². The molecule has 130 valence electrons. The minimum absolute atomic E-state index is 0.111. The van der Waals surface area contributed by atoms with Gasteiger partial charge in [-0.05, 0) is 43.5 Å². The van der Waals surface area contributed by atoms with Gasteiger partial charge in [0.05, 0.1) is 24.5 Å². The Bertz CT molecular complexity index is 729. The van der Waals surface area contributed by atoms with Crippen molar-refractivity contribution in [1.29, 1.82) is 0 Å². The van der Waals surface area contributed by atoms with E-state index in [9.17, 15) is 4.79 Å². The van der Waals surface area contributed by atoms with Crippen LogP contribution in [0.1, 0.15) is 25.0 Å². The average Bonchev–Trinajstić information content (AvgIpc) is 2.69. The van der Waals surface area contributed by atoms with Gasteiger partial charge < -0.3 is 14.5 Å². The predicted molar refractivity (Wildman–Crippen MR) is 96.6 cm³/mol. The van der Waals surface area contributed by atoms with Gasteiger partial charge in [0.25, 0.3) is 5.91 Å². The third-order valence-corrected chi connectivity index (χ3v) is 4.88. The van der Waals surface area contributed by atoms with Crippen molar-refractivity contribution in [3.8, 4) is 5.75 Å². The van der Waals surface area contributed by atoms with Crippen LogP contribution in [0.15, 0.2) is 48.7 Å². The summed E-state index contributed by atoms with van der Waals surface area (Å²) in [6, 6.07) is 13.9. The summed E-state index contributed by atoms with van der Waals surface area (Å²) in [4.78, 5) is 21.5. The number of carbonyl (C=O) groups excluding carboxylic acids is 1. The van der Waals surface area contributed by atoms with Gasteiger partial charge in [0, 0.05) is 19.3 Å². The number of hydrogen-bond acceptors (Lipinski definition) is 4. The first-order valence-corrected chi connectivity index (χ1v) is 9.00. The summed E-state index contributed by atoms with van der Waals surface area (Å²) < 4.78 is 6.06. The number of anilines is 1. The van der Waals surface area contributed by atoms with Crippen molar-refractivity contribution in [2.24, 2.45) is 0 Å². The zero-order chi connectivity index (χ0) is 17.1. The lowest BCUT2D eigenvalue weighted by Crippen LogP contribution is -2.51. The second-order valence-corrected chi connectivity index (χ2v) is 6.66. The van der Waals surface area contributed by atoms with E-state index in [4.69, 9.17) is 4.74 Å². The second kappa shape index (κ2) is 7.13. The molecule has 2 aromatic rings. The van der Waals surface area contributed by atoms with Crippen LogP contribution < -0.4 is 9.64 Å². The first kappa shape index (κ1) is 15.9. The zero-order valence-corrected chi connectivity index (χ0v) is 14.3. The molecule has 0 saturated carbocycles. The number of benzene rings is 1. The van der Waals surface area contributed by atoms with Crippen molar-refractivity contribution in [3.05, 3.63) is 54.4 Å². The molecular formula is C20H23N3O2. The van der Waals surface area contributed by atoms with E-state index in [1.807, 2.05) is 47.4 Å². The van der Waals surface area contributed by atoms with Gasteiger partial charge in [0.1, 0.15) is 5.75 Å². The molecule has 1 saturated heterocycles. The van der Waals surface area contributed by atoms with Gasteiger partial charge in [-0.1, -0.05) is 18.2 Å². The Hall–Kier alpha value is -2.56. The van der Waals surface area contributed by atoms with Crippen LogP contribution >= 0.6 is 0 Å². The smallest absolute Gasteiger partial charge is 0.265 e. The predicted octanol–water partition coefficient (Wildman–Crippen LogP) is 2.86. The summed E-state index contributed by atoms with van der Waals surface area (Å²) in [5, 5.41) is 0. The van der Waals surface area contributed by atoms with Gasteiger partial charge in [0.2, 0.25) is 0 Å². The number of likely N-dealkylation sites (tertiary alicyclic amines) is 1. The minimum atomic E-state index is -0.447. The molecule has 0 bridgehead atoms. The first-order valence-electron chi connectivity index (χ1n) is 9.00. The molecular weight excluding hydrogens is 314 g/mol. The van der Waals surface area contributed by atoms with Gasteiger partial charge in [-0.2, -0.15) is 0 Å². The van der Waals surface area contributed by atoms with Crippen LogP contribution in [0.3, 0.4) is 0 Å². The Morgan fingerprint density at radius 1 is 1.08 bits per heavy atom. The van der Waals surface area contributed by atoms with Crippen molar-refractivity contribution in [1.82, 2.24) is 9.88 Å². The summed E-state index contributed by atoms with van der Waals surface area (Å²) in [6.07, 6.45) is 4.75. The Morgan fingerprint density at radius 2 is 1.88 bits per heavy atom. The number of ether oxygens (including phenoxy) is 1. The number of hydrogen-bond donors (Lipinski definition) is 0. The number of carbonyl (C=O) groups is 1. The van der Waals surface area contributed by atoms with E-state index in [0.717, 1.165) is 43.1 Å². The summed E-state index contributed by atoms with van der Waals surface area (Å²) in [5.74, 6) is 0.889. The number of rotatable bonds is 3. The Kier molecular flexibility index (Phi) is 4.55. The quantitative estimate of drug-likeness (QED) is 0.864. The van der Waals surface area contributed by atoms with Crippen molar-refractivity contribution in [3.63, 3.8) is 0 Å². The lowest BCUT2D eigenvalue weighted by Gasteiger charge is -2.38. The fraction of sp³-hybridized carbons (Fsp3) is 0.400. The maximum Gasteiger partial charge on any atom is 0.265 e. The maximum absolute atomic E-state index is 12.9. The SMILES string of the molecule is O=C([C@@H]1CN(Cc2ccccn2)c2ccccc2O1)N1CCCCC1. The standard InChI is InChI=1S/C20H23N3O2/c24-20(22-12-6-1-7-13-22)19-15-23(14-16-8-4-5-11-21-16)17-9-2-3-10-18(17)25-19/h2-5,8-11,19H,1,6-7,12-15H2/t19-/m0/s1. The van der Waals surface area contributed by atoms with Crippen LogP contribution in [0.25, 0.3) is 0 Å². The molecule has 2 aliphatic rings. The van der Waals surface area contributed by atoms with Crippen molar-refractivity contribution >= 4 is 11.6 Å². The highest BCUT2D eigenvalue weighted by Crippen LogP contribution is 2.34. The second-order valence-electron chi connectivity index (χ2n) is 6.66. The number of piperidine rings is 1. The van der Waals surface area contributed by atoms with E-state index >= 15 is 0 Å². The van der Waals surface area contributed by atoms with E-state index in [0.29, 0.717) is 13.1 Å². The fourth-order valence-electron chi connectivity index (χ4n) is 3.59. The van der Waals surface area contributed by atoms with Crippen molar-refractivity contribution in [2.75, 3.05) is 24.5 Å². The van der Waals surface area contributed by atoms with Gasteiger partial charge in [0.15, 0.2) is 6.10 Å². The number of amides is 1. The number of para-hydroxylation sites is 2. The third kappa shape index (κ3) is 3.45. The van der Waals surface area contributed by atoms with E-state index in [1.165, 1.54) is 6.42 Å². The molecule has 1 aromatic heterocycles. The van der Waals surface area contributed by atoms with Gasteiger partial charge in [-0.15, -0.1) is 0 Å². The number of nitrogens with zero attached hydrogens (tertiary/aromatic N) is 3. The lowest BCUT2D eigenvalue weighted by atomic mass is 10.1. The highest BCUT2D eigenvalue weighted by atomic mass is 16.5. The highest BCUT2D eigenvalue weighted by Gasteiger charge is 2.33. The molecule has 0 radical (unpaired) electrons. The number of fused-ring (bicyclic) bond motifs is 1.